The lowest BCUT2D eigenvalue weighted by molar-refractivity contribution is -0.123. The van der Waals surface area contributed by atoms with E-state index in [0.717, 1.165) is 28.4 Å². The van der Waals surface area contributed by atoms with Crippen LogP contribution in [0.15, 0.2) is 58.6 Å². The largest absolute Gasteiger partial charge is 0.492 e. The number of thioether (sulfide) groups is 2. The molecule has 1 N–H and O–H groups in total. The van der Waals surface area contributed by atoms with Crippen molar-refractivity contribution in [3.8, 4) is 11.4 Å². The Hall–Kier alpha value is -3.71. The van der Waals surface area contributed by atoms with Gasteiger partial charge in [0.05, 0.1) is 17.3 Å². The Balaban J connectivity index is 1.29. The van der Waals surface area contributed by atoms with Crippen molar-refractivity contribution in [3.63, 3.8) is 0 Å². The van der Waals surface area contributed by atoms with Crippen LogP contribution in [0.5, 0.6) is 5.75 Å². The molecule has 1 aliphatic heterocycles. The van der Waals surface area contributed by atoms with E-state index in [0.29, 0.717) is 23.2 Å². The highest BCUT2D eigenvalue weighted by atomic mass is 32.2. The molecule has 2 heterocycles. The highest BCUT2D eigenvalue weighted by molar-refractivity contribution is 8.18. The predicted molar refractivity (Wildman–Crippen MR) is 133 cm³/mol. The fraction of sp³-hybridized carbons (Fsp3) is 0.217. The lowest BCUT2D eigenvalue weighted by atomic mass is 10.2. The first-order valence-corrected chi connectivity index (χ1v) is 12.7. The van der Waals surface area contributed by atoms with Crippen LogP contribution < -0.4 is 10.1 Å². The normalized spacial score (nSPS) is 14.5. The van der Waals surface area contributed by atoms with Crippen molar-refractivity contribution in [1.29, 1.82) is 0 Å². The number of carbonyl (C=O) groups excluding carboxylic acids is 3. The summed E-state index contributed by atoms with van der Waals surface area (Å²) in [5.41, 5.74) is 0.870. The first-order valence-electron chi connectivity index (χ1n) is 10.9. The van der Waals surface area contributed by atoms with E-state index in [1.165, 1.54) is 22.9 Å². The summed E-state index contributed by atoms with van der Waals surface area (Å²) < 4.78 is 21.0. The van der Waals surface area contributed by atoms with E-state index >= 15 is 0 Å². The Kier molecular flexibility index (Phi) is 8.33. The van der Waals surface area contributed by atoms with Crippen LogP contribution >= 0.6 is 23.5 Å². The zero-order valence-corrected chi connectivity index (χ0v) is 20.7. The Morgan fingerprint density at radius 3 is 2.78 bits per heavy atom. The number of rotatable bonds is 10. The molecule has 1 aromatic heterocycles. The standard InChI is InChI=1S/C23H21FN6O4S2/c1-2-34-18-10-6-5-9-17(18)30-22(26-27-28-30)35-14-20(31)25-11-12-29-21(32)19(36-23(29)33)13-15-7-3-4-8-16(15)24/h3-10,13H,2,11-12,14H2,1H3,(H,25,31)/b19-13-. The van der Waals surface area contributed by atoms with E-state index < -0.39 is 17.0 Å². The van der Waals surface area contributed by atoms with Crippen LogP contribution in [-0.4, -0.2) is 67.6 Å². The fourth-order valence-corrected chi connectivity index (χ4v) is 4.81. The van der Waals surface area contributed by atoms with Gasteiger partial charge in [0.25, 0.3) is 11.1 Å². The highest BCUT2D eigenvalue weighted by Gasteiger charge is 2.34. The first-order chi connectivity index (χ1) is 17.5. The summed E-state index contributed by atoms with van der Waals surface area (Å²) in [7, 11) is 0. The van der Waals surface area contributed by atoms with Crippen molar-refractivity contribution in [2.24, 2.45) is 0 Å². The Morgan fingerprint density at radius 1 is 1.19 bits per heavy atom. The zero-order valence-electron chi connectivity index (χ0n) is 19.1. The second-order valence-corrected chi connectivity index (χ2v) is 9.20. The number of amides is 3. The monoisotopic (exact) mass is 528 g/mol. The van der Waals surface area contributed by atoms with E-state index in [2.05, 4.69) is 20.8 Å². The smallest absolute Gasteiger partial charge is 0.293 e. The number of aromatic nitrogens is 4. The van der Waals surface area contributed by atoms with Gasteiger partial charge < -0.3 is 10.1 Å². The molecule has 1 saturated heterocycles. The zero-order chi connectivity index (χ0) is 25.5. The van der Waals surface area contributed by atoms with Gasteiger partial charge in [0.2, 0.25) is 11.1 Å². The second-order valence-electron chi connectivity index (χ2n) is 7.27. The second kappa shape index (κ2) is 11.8. The van der Waals surface area contributed by atoms with Crippen molar-refractivity contribution in [2.75, 3.05) is 25.4 Å². The molecule has 1 fully saturated rings. The molecular weight excluding hydrogens is 507 g/mol. The van der Waals surface area contributed by atoms with Gasteiger partial charge in [-0.2, -0.15) is 4.68 Å². The predicted octanol–water partition coefficient (Wildman–Crippen LogP) is 3.14. The number of benzene rings is 2. The average Bonchev–Trinajstić information content (AvgIpc) is 3.44. The van der Waals surface area contributed by atoms with Crippen LogP contribution in [0.4, 0.5) is 9.18 Å². The summed E-state index contributed by atoms with van der Waals surface area (Å²) in [6, 6.07) is 13.3. The number of nitrogens with one attached hydrogen (secondary N) is 1. The topological polar surface area (TPSA) is 119 Å². The third-order valence-corrected chi connectivity index (χ3v) is 6.72. The highest BCUT2D eigenvalue weighted by Crippen LogP contribution is 2.32. The summed E-state index contributed by atoms with van der Waals surface area (Å²) in [5, 5.41) is 14.3. The molecule has 0 atom stereocenters. The van der Waals surface area contributed by atoms with Gasteiger partial charge in [-0.1, -0.05) is 42.1 Å². The Bertz CT molecular complexity index is 1320. The minimum Gasteiger partial charge on any atom is -0.492 e. The van der Waals surface area contributed by atoms with Crippen molar-refractivity contribution in [1.82, 2.24) is 30.4 Å². The van der Waals surface area contributed by atoms with E-state index in [1.807, 2.05) is 25.1 Å². The van der Waals surface area contributed by atoms with Gasteiger partial charge >= 0.3 is 0 Å². The third-order valence-electron chi connectivity index (χ3n) is 4.89. The molecule has 10 nitrogen and oxygen atoms in total. The lowest BCUT2D eigenvalue weighted by Gasteiger charge is -2.13. The van der Waals surface area contributed by atoms with E-state index in [-0.39, 0.29) is 35.2 Å². The number of tetrazole rings is 1. The molecular formula is C23H21FN6O4S2. The molecule has 13 heteroatoms. The molecule has 0 unspecified atom stereocenters. The van der Waals surface area contributed by atoms with E-state index in [9.17, 15) is 18.8 Å². The van der Waals surface area contributed by atoms with Gasteiger partial charge in [0.15, 0.2) is 0 Å². The number of ether oxygens (including phenoxy) is 1. The van der Waals surface area contributed by atoms with E-state index in [4.69, 9.17) is 4.74 Å². The summed E-state index contributed by atoms with van der Waals surface area (Å²) in [6.45, 7) is 2.42. The molecule has 0 bridgehead atoms. The molecule has 36 heavy (non-hydrogen) atoms. The van der Waals surface area contributed by atoms with Crippen LogP contribution in [0.2, 0.25) is 0 Å². The summed E-state index contributed by atoms with van der Waals surface area (Å²) >= 11 is 1.87. The molecule has 3 amide bonds. The summed E-state index contributed by atoms with van der Waals surface area (Å²) in [5.74, 6) is -0.696. The molecule has 0 radical (unpaired) electrons. The molecule has 0 saturated carbocycles. The van der Waals surface area contributed by atoms with Gasteiger partial charge in [0.1, 0.15) is 17.3 Å². The number of hydrogen-bond acceptors (Lipinski definition) is 9. The van der Waals surface area contributed by atoms with E-state index in [1.54, 1.807) is 18.2 Å². The minimum absolute atomic E-state index is 0.00481. The quantitative estimate of drug-likeness (QED) is 0.313. The molecule has 4 rings (SSSR count). The van der Waals surface area contributed by atoms with Crippen LogP contribution in [0, 0.1) is 5.82 Å². The maximum atomic E-state index is 13.9. The number of nitrogens with zero attached hydrogens (tertiary/aromatic N) is 5. The molecule has 0 spiro atoms. The molecule has 0 aliphatic carbocycles. The van der Waals surface area contributed by atoms with Crippen LogP contribution in [0.25, 0.3) is 11.8 Å². The number of imide groups is 1. The molecule has 186 valence electrons. The average molecular weight is 529 g/mol. The first kappa shape index (κ1) is 25.4. The Labute approximate surface area is 214 Å². The van der Waals surface area contributed by atoms with Gasteiger partial charge in [0, 0.05) is 18.7 Å². The number of hydrogen-bond donors (Lipinski definition) is 1. The number of para-hydroxylation sites is 2. The summed E-state index contributed by atoms with van der Waals surface area (Å²) in [6.07, 6.45) is 1.35. The molecule has 1 aliphatic rings. The van der Waals surface area contributed by atoms with Crippen LogP contribution in [0.3, 0.4) is 0 Å². The Morgan fingerprint density at radius 2 is 1.97 bits per heavy atom. The minimum atomic E-state index is -0.524. The van der Waals surface area contributed by atoms with Crippen molar-refractivity contribution in [2.45, 2.75) is 12.1 Å². The van der Waals surface area contributed by atoms with Gasteiger partial charge in [-0.3, -0.25) is 19.3 Å². The molecule has 2 aromatic carbocycles. The fourth-order valence-electron chi connectivity index (χ4n) is 3.24. The van der Waals surface area contributed by atoms with Crippen LogP contribution in [-0.2, 0) is 9.59 Å². The van der Waals surface area contributed by atoms with Crippen molar-refractivity contribution in [3.05, 3.63) is 64.8 Å². The van der Waals surface area contributed by atoms with Gasteiger partial charge in [-0.15, -0.1) is 5.10 Å². The van der Waals surface area contributed by atoms with Gasteiger partial charge in [-0.05, 0) is 53.4 Å². The molecule has 3 aromatic rings. The summed E-state index contributed by atoms with van der Waals surface area (Å²) in [4.78, 5) is 38.3. The lowest BCUT2D eigenvalue weighted by Crippen LogP contribution is -2.37. The SMILES string of the molecule is CCOc1ccccc1-n1nnnc1SCC(=O)NCCN1C(=O)S/C(=C\c2ccccc2F)C1=O. The maximum Gasteiger partial charge on any atom is 0.293 e. The third kappa shape index (κ3) is 5.91. The number of carbonyl (C=O) groups is 3. The van der Waals surface area contributed by atoms with Crippen LogP contribution in [0.1, 0.15) is 12.5 Å². The van der Waals surface area contributed by atoms with Crippen molar-refractivity contribution >= 4 is 46.7 Å². The maximum absolute atomic E-state index is 13.9. The van der Waals surface area contributed by atoms with Gasteiger partial charge in [-0.25, -0.2) is 4.39 Å². The number of halogens is 1. The van der Waals surface area contributed by atoms with Crippen molar-refractivity contribution < 1.29 is 23.5 Å².